The van der Waals surface area contributed by atoms with Crippen LogP contribution in [0.15, 0.2) is 35.4 Å². The molecule has 20 heavy (non-hydrogen) atoms. The molecule has 0 aliphatic heterocycles. The van der Waals surface area contributed by atoms with Crippen molar-refractivity contribution in [3.8, 4) is 5.69 Å². The van der Waals surface area contributed by atoms with Gasteiger partial charge < -0.3 is 10.3 Å². The van der Waals surface area contributed by atoms with E-state index in [0.717, 1.165) is 22.6 Å². The number of rotatable bonds is 3. The number of hydrazone groups is 1. The first-order chi connectivity index (χ1) is 9.49. The molecular formula is C14H15IN4O. The summed E-state index contributed by atoms with van der Waals surface area (Å²) in [4.78, 5) is 10.6. The minimum atomic E-state index is -0.673. The molecule has 0 atom stereocenters. The average molecular weight is 382 g/mol. The second-order valence-corrected chi connectivity index (χ2v) is 5.62. The second-order valence-electron chi connectivity index (χ2n) is 4.37. The molecule has 1 aromatic heterocycles. The zero-order valence-corrected chi connectivity index (χ0v) is 13.4. The van der Waals surface area contributed by atoms with Crippen molar-refractivity contribution in [1.29, 1.82) is 0 Å². The first kappa shape index (κ1) is 14.6. The summed E-state index contributed by atoms with van der Waals surface area (Å²) in [6.45, 7) is 4.04. The quantitative estimate of drug-likeness (QED) is 0.478. The predicted molar refractivity (Wildman–Crippen MR) is 88.3 cm³/mol. The van der Waals surface area contributed by atoms with Crippen LogP contribution in [0.2, 0.25) is 0 Å². The molecule has 0 radical (unpaired) electrons. The van der Waals surface area contributed by atoms with Gasteiger partial charge in [0.05, 0.1) is 6.21 Å². The molecule has 1 heterocycles. The Morgan fingerprint density at radius 3 is 2.60 bits per heavy atom. The normalized spacial score (nSPS) is 10.9. The van der Waals surface area contributed by atoms with Gasteiger partial charge in [0.1, 0.15) is 0 Å². The molecule has 0 aliphatic carbocycles. The fraction of sp³-hybridized carbons (Fsp3) is 0.143. The number of nitrogens with zero attached hydrogens (tertiary/aromatic N) is 2. The number of primary amides is 1. The minimum absolute atomic E-state index is 0.673. The average Bonchev–Trinajstić information content (AvgIpc) is 2.66. The standard InChI is InChI=1S/C14H15IN4O/c1-9-7-11(8-17-18-14(16)20)10(2)19(9)13-5-3-12(15)4-6-13/h3-8H,1-2H3,(H3,16,18,20). The van der Waals surface area contributed by atoms with Crippen LogP contribution in [-0.4, -0.2) is 16.8 Å². The number of benzene rings is 1. The lowest BCUT2D eigenvalue weighted by molar-refractivity contribution is 0.249. The van der Waals surface area contributed by atoms with Gasteiger partial charge in [-0.3, -0.25) is 0 Å². The Balaban J connectivity index is 2.36. The number of carbonyl (C=O) groups excluding carboxylic acids is 1. The van der Waals surface area contributed by atoms with E-state index in [9.17, 15) is 4.79 Å². The molecule has 1 aromatic carbocycles. The summed E-state index contributed by atoms with van der Waals surface area (Å²) >= 11 is 2.28. The maximum atomic E-state index is 10.6. The van der Waals surface area contributed by atoms with Crippen LogP contribution in [0.4, 0.5) is 4.79 Å². The highest BCUT2D eigenvalue weighted by Crippen LogP contribution is 2.20. The summed E-state index contributed by atoms with van der Waals surface area (Å²) in [6, 6.07) is 9.62. The molecule has 0 saturated carbocycles. The van der Waals surface area contributed by atoms with Crippen LogP contribution < -0.4 is 11.2 Å². The lowest BCUT2D eigenvalue weighted by atomic mass is 10.2. The molecule has 5 nitrogen and oxygen atoms in total. The Bertz CT molecular complexity index is 659. The molecule has 2 aromatic rings. The molecule has 6 heteroatoms. The summed E-state index contributed by atoms with van der Waals surface area (Å²) < 4.78 is 3.34. The number of urea groups is 1. The van der Waals surface area contributed by atoms with Gasteiger partial charge in [0.25, 0.3) is 0 Å². The summed E-state index contributed by atoms with van der Waals surface area (Å²) in [5.41, 5.74) is 11.4. The first-order valence-corrected chi connectivity index (χ1v) is 7.10. The fourth-order valence-corrected chi connectivity index (χ4v) is 2.43. The van der Waals surface area contributed by atoms with Gasteiger partial charge in [-0.1, -0.05) is 0 Å². The third kappa shape index (κ3) is 3.19. The highest BCUT2D eigenvalue weighted by atomic mass is 127. The molecule has 2 amide bonds. The number of aryl methyl sites for hydroxylation is 1. The second kappa shape index (κ2) is 6.08. The van der Waals surface area contributed by atoms with Crippen LogP contribution in [0.1, 0.15) is 17.0 Å². The number of nitrogens with one attached hydrogen (secondary N) is 1. The van der Waals surface area contributed by atoms with Gasteiger partial charge in [-0.2, -0.15) is 5.10 Å². The number of halogens is 1. The molecule has 0 saturated heterocycles. The maximum Gasteiger partial charge on any atom is 0.332 e. The van der Waals surface area contributed by atoms with E-state index in [4.69, 9.17) is 5.73 Å². The lowest BCUT2D eigenvalue weighted by Gasteiger charge is -2.09. The molecular weight excluding hydrogens is 367 g/mol. The molecule has 0 fully saturated rings. The van der Waals surface area contributed by atoms with Crippen molar-refractivity contribution in [1.82, 2.24) is 9.99 Å². The van der Waals surface area contributed by atoms with E-state index in [2.05, 4.69) is 62.0 Å². The van der Waals surface area contributed by atoms with E-state index >= 15 is 0 Å². The summed E-state index contributed by atoms with van der Waals surface area (Å²) in [7, 11) is 0. The third-order valence-corrected chi connectivity index (χ3v) is 3.65. The van der Waals surface area contributed by atoms with Gasteiger partial charge in [0, 0.05) is 26.2 Å². The predicted octanol–water partition coefficient (Wildman–Crippen LogP) is 2.70. The van der Waals surface area contributed by atoms with E-state index in [1.807, 2.05) is 19.9 Å². The Hall–Kier alpha value is -1.83. The van der Waals surface area contributed by atoms with Gasteiger partial charge >= 0.3 is 6.03 Å². The van der Waals surface area contributed by atoms with Crippen molar-refractivity contribution >= 4 is 34.8 Å². The van der Waals surface area contributed by atoms with Gasteiger partial charge in [0.15, 0.2) is 0 Å². The Kier molecular flexibility index (Phi) is 4.43. The Morgan fingerprint density at radius 2 is 2.00 bits per heavy atom. The van der Waals surface area contributed by atoms with E-state index in [1.54, 1.807) is 6.21 Å². The Labute approximate surface area is 131 Å². The van der Waals surface area contributed by atoms with Crippen molar-refractivity contribution in [3.05, 3.63) is 50.9 Å². The zero-order chi connectivity index (χ0) is 14.7. The molecule has 0 aliphatic rings. The molecule has 2 rings (SSSR count). The van der Waals surface area contributed by atoms with E-state index in [1.165, 1.54) is 3.57 Å². The zero-order valence-electron chi connectivity index (χ0n) is 11.2. The number of hydrogen-bond donors (Lipinski definition) is 2. The highest BCUT2D eigenvalue weighted by molar-refractivity contribution is 14.1. The van der Waals surface area contributed by atoms with Crippen molar-refractivity contribution in [3.63, 3.8) is 0 Å². The van der Waals surface area contributed by atoms with Crippen molar-refractivity contribution in [2.45, 2.75) is 13.8 Å². The van der Waals surface area contributed by atoms with E-state index in [0.29, 0.717) is 0 Å². The SMILES string of the molecule is Cc1cc(C=NNC(N)=O)c(C)n1-c1ccc(I)cc1. The van der Waals surface area contributed by atoms with E-state index in [-0.39, 0.29) is 0 Å². The van der Waals surface area contributed by atoms with Crippen molar-refractivity contribution in [2.24, 2.45) is 10.8 Å². The summed E-state index contributed by atoms with van der Waals surface area (Å²) in [6.07, 6.45) is 1.59. The topological polar surface area (TPSA) is 72.4 Å². The number of amides is 2. The minimum Gasteiger partial charge on any atom is -0.350 e. The van der Waals surface area contributed by atoms with Crippen molar-refractivity contribution in [2.75, 3.05) is 0 Å². The molecule has 3 N–H and O–H groups in total. The first-order valence-electron chi connectivity index (χ1n) is 6.02. The summed E-state index contributed by atoms with van der Waals surface area (Å²) in [5.74, 6) is 0. The number of aromatic nitrogens is 1. The van der Waals surface area contributed by atoms with Gasteiger partial charge in [0.2, 0.25) is 0 Å². The molecule has 0 unspecified atom stereocenters. The van der Waals surface area contributed by atoms with Gasteiger partial charge in [-0.15, -0.1) is 0 Å². The maximum absolute atomic E-state index is 10.6. The van der Waals surface area contributed by atoms with Gasteiger partial charge in [-0.05, 0) is 66.8 Å². The number of hydrogen-bond acceptors (Lipinski definition) is 2. The third-order valence-electron chi connectivity index (χ3n) is 2.93. The molecule has 0 spiro atoms. The van der Waals surface area contributed by atoms with Gasteiger partial charge in [-0.25, -0.2) is 10.2 Å². The smallest absolute Gasteiger partial charge is 0.332 e. The monoisotopic (exact) mass is 382 g/mol. The van der Waals surface area contributed by atoms with E-state index < -0.39 is 6.03 Å². The van der Waals surface area contributed by atoms with Crippen molar-refractivity contribution < 1.29 is 4.79 Å². The highest BCUT2D eigenvalue weighted by Gasteiger charge is 2.09. The fourth-order valence-electron chi connectivity index (χ4n) is 2.07. The number of carbonyl (C=O) groups is 1. The largest absolute Gasteiger partial charge is 0.350 e. The molecule has 0 bridgehead atoms. The Morgan fingerprint density at radius 1 is 1.35 bits per heavy atom. The van der Waals surface area contributed by atoms with Crippen LogP contribution >= 0.6 is 22.6 Å². The van der Waals surface area contributed by atoms with Crippen LogP contribution in [-0.2, 0) is 0 Å². The lowest BCUT2D eigenvalue weighted by Crippen LogP contribution is -2.24. The summed E-state index contributed by atoms with van der Waals surface area (Å²) in [5, 5.41) is 3.80. The van der Waals surface area contributed by atoms with Crippen LogP contribution in [0, 0.1) is 17.4 Å². The van der Waals surface area contributed by atoms with Crippen LogP contribution in [0.5, 0.6) is 0 Å². The number of nitrogens with two attached hydrogens (primary N) is 1. The van der Waals surface area contributed by atoms with Crippen LogP contribution in [0.3, 0.4) is 0 Å². The molecule has 104 valence electrons. The van der Waals surface area contributed by atoms with Crippen LogP contribution in [0.25, 0.3) is 5.69 Å².